The number of carbonyl (C=O) groups excluding carboxylic acids is 3. The number of hydrogen-bond acceptors (Lipinski definition) is 6. The highest BCUT2D eigenvalue weighted by Gasteiger charge is 2.32. The minimum atomic E-state index is -1.22. The second-order valence-electron chi connectivity index (χ2n) is 19.1. The molecule has 0 aliphatic rings. The molecule has 0 saturated heterocycles. The third-order valence-electron chi connectivity index (χ3n) is 13.8. The van der Waals surface area contributed by atoms with Gasteiger partial charge in [0.1, 0.15) is 6.15 Å². The van der Waals surface area contributed by atoms with Crippen molar-refractivity contribution < 1.29 is 14.4 Å². The van der Waals surface area contributed by atoms with Gasteiger partial charge >= 0.3 is 0 Å². The average molecular weight is 1080 g/mol. The van der Waals surface area contributed by atoms with Crippen molar-refractivity contribution in [1.29, 1.82) is 0 Å². The van der Waals surface area contributed by atoms with E-state index in [1.165, 1.54) is 36.5 Å². The average Bonchev–Trinajstić information content (AvgIpc) is 3.46. The third kappa shape index (κ3) is 12.9. The van der Waals surface area contributed by atoms with E-state index < -0.39 is 6.15 Å². The van der Waals surface area contributed by atoms with Crippen LogP contribution in [0.4, 0.5) is 0 Å². The van der Waals surface area contributed by atoms with Crippen LogP contribution in [0.25, 0.3) is 0 Å². The molecule has 10 aromatic carbocycles. The summed E-state index contributed by atoms with van der Waals surface area (Å²) in [5.41, 5.74) is 10.6. The number of benzene rings is 10. The smallest absolute Gasteiger partial charge is 0.166 e. The summed E-state index contributed by atoms with van der Waals surface area (Å²) in [7, 11) is -0.355. The van der Waals surface area contributed by atoms with Crippen LogP contribution >= 0.6 is 35.3 Å². The van der Waals surface area contributed by atoms with Gasteiger partial charge in [0.15, 0.2) is 32.0 Å². The van der Waals surface area contributed by atoms with Crippen LogP contribution in [0.2, 0.25) is 0 Å². The lowest BCUT2D eigenvalue weighted by molar-refractivity contribution is 0.100. The lowest BCUT2D eigenvalue weighted by Gasteiger charge is -2.44. The zero-order chi connectivity index (χ0) is 53.9. The standard InChI is InChI=1S/C45H39O3S4.C24H20B/c1-28-25-37(13-22-43(28)31(4)46)49-34-7-16-40(17-8-34)52(41-18-9-35(10-19-41)50-38-14-23-44(32(5)47)29(2)26-38)42-20-11-36(12-21-42)51-39-15-24-45(33(6)48)30(3)27-39;1-5-13-21(14-6-1)25(22-15-7-2-8-16-22,23-17-9-3-10-18-23)24-19-11-4-12-20-24/h7-27H,1-6H3;1-20H/q+1;-1. The minimum absolute atomic E-state index is 0.0838. The molecular weight excluding hydrogens is 1020 g/mol. The summed E-state index contributed by atoms with van der Waals surface area (Å²) in [6, 6.07) is 88.0. The molecule has 0 saturated carbocycles. The Bertz CT molecular complexity index is 3220. The molecular formula is C69H59BO3S4. The first-order valence-electron chi connectivity index (χ1n) is 25.7. The second kappa shape index (κ2) is 25.2. The zero-order valence-electron chi connectivity index (χ0n) is 44.1. The molecule has 10 rings (SSSR count). The number of Topliss-reactive ketones (excluding diaryl/α,β-unsaturated/α-hetero) is 3. The highest BCUT2D eigenvalue weighted by molar-refractivity contribution is 8.00. The van der Waals surface area contributed by atoms with E-state index in [4.69, 9.17) is 0 Å². The number of hydrogen-bond donors (Lipinski definition) is 0. The van der Waals surface area contributed by atoms with E-state index in [0.717, 1.165) is 62.8 Å². The van der Waals surface area contributed by atoms with Crippen molar-refractivity contribution >= 4 is 91.5 Å². The van der Waals surface area contributed by atoms with Crippen LogP contribution in [-0.4, -0.2) is 23.5 Å². The normalized spacial score (nSPS) is 11.2. The number of ketones is 3. The highest BCUT2D eigenvalue weighted by atomic mass is 32.2. The molecule has 3 nitrogen and oxygen atoms in total. The molecule has 0 unspecified atom stereocenters. The van der Waals surface area contributed by atoms with Gasteiger partial charge in [0.2, 0.25) is 0 Å². The zero-order valence-corrected chi connectivity index (χ0v) is 47.4. The van der Waals surface area contributed by atoms with Gasteiger partial charge in [0.05, 0.1) is 10.9 Å². The fourth-order valence-electron chi connectivity index (χ4n) is 10.2. The maximum atomic E-state index is 11.9. The molecule has 380 valence electrons. The topological polar surface area (TPSA) is 51.2 Å². The summed E-state index contributed by atoms with van der Waals surface area (Å²) in [5.74, 6) is 0.251. The van der Waals surface area contributed by atoms with E-state index in [0.29, 0.717) is 0 Å². The summed E-state index contributed by atoms with van der Waals surface area (Å²) < 4.78 is 0. The molecule has 0 heterocycles. The minimum Gasteiger partial charge on any atom is -0.295 e. The first kappa shape index (κ1) is 54.5. The Balaban J connectivity index is 0.000000240. The predicted molar refractivity (Wildman–Crippen MR) is 327 cm³/mol. The molecule has 0 amide bonds. The van der Waals surface area contributed by atoms with Crippen LogP contribution in [0.15, 0.2) is 293 Å². The van der Waals surface area contributed by atoms with Gasteiger partial charge in [0.25, 0.3) is 0 Å². The number of aryl methyl sites for hydroxylation is 3. The fraction of sp³-hybridized carbons (Fsp3) is 0.0870. The maximum Gasteiger partial charge on any atom is 0.166 e. The molecule has 0 aromatic heterocycles. The number of carbonyl (C=O) groups is 3. The van der Waals surface area contributed by atoms with Gasteiger partial charge in [-0.2, -0.15) is 21.9 Å². The predicted octanol–water partition coefficient (Wildman–Crippen LogP) is 15.8. The molecule has 0 radical (unpaired) electrons. The Morgan fingerprint density at radius 3 is 0.727 bits per heavy atom. The van der Waals surface area contributed by atoms with Gasteiger partial charge in [0, 0.05) is 46.1 Å². The van der Waals surface area contributed by atoms with E-state index in [9.17, 15) is 14.4 Å². The van der Waals surface area contributed by atoms with Crippen LogP contribution in [0, 0.1) is 20.8 Å². The fourth-order valence-corrected chi connectivity index (χ4v) is 14.9. The second-order valence-corrected chi connectivity index (χ2v) is 24.6. The van der Waals surface area contributed by atoms with Gasteiger partial charge in [-0.05, 0) is 167 Å². The number of rotatable bonds is 16. The molecule has 0 aliphatic heterocycles. The van der Waals surface area contributed by atoms with Crippen molar-refractivity contribution in [2.24, 2.45) is 0 Å². The molecule has 10 aromatic rings. The van der Waals surface area contributed by atoms with Crippen LogP contribution < -0.4 is 21.9 Å². The summed E-state index contributed by atoms with van der Waals surface area (Å²) in [5, 5.41) is 0. The van der Waals surface area contributed by atoms with E-state index in [2.05, 4.69) is 212 Å². The van der Waals surface area contributed by atoms with Crippen LogP contribution in [0.1, 0.15) is 68.5 Å². The van der Waals surface area contributed by atoms with E-state index >= 15 is 0 Å². The van der Waals surface area contributed by atoms with Gasteiger partial charge in [-0.25, -0.2) is 0 Å². The van der Waals surface area contributed by atoms with E-state index in [1.54, 1.807) is 56.1 Å². The lowest BCUT2D eigenvalue weighted by atomic mass is 9.13. The summed E-state index contributed by atoms with van der Waals surface area (Å²) in [6.07, 6.45) is -1.22. The largest absolute Gasteiger partial charge is 0.295 e. The van der Waals surface area contributed by atoms with Crippen LogP contribution in [-0.2, 0) is 10.9 Å². The summed E-state index contributed by atoms with van der Waals surface area (Å²) in [4.78, 5) is 46.2. The Kier molecular flexibility index (Phi) is 17.8. The highest BCUT2D eigenvalue weighted by Crippen LogP contribution is 2.38. The summed E-state index contributed by atoms with van der Waals surface area (Å²) in [6.45, 7) is 10.8. The molecule has 0 spiro atoms. The third-order valence-corrected chi connectivity index (χ3v) is 19.0. The van der Waals surface area contributed by atoms with Crippen molar-refractivity contribution in [3.05, 3.63) is 282 Å². The Labute approximate surface area is 470 Å². The van der Waals surface area contributed by atoms with Crippen LogP contribution in [0.5, 0.6) is 0 Å². The Hall–Kier alpha value is -7.33. The van der Waals surface area contributed by atoms with Crippen LogP contribution in [0.3, 0.4) is 0 Å². The first-order valence-corrected chi connectivity index (χ1v) is 29.3. The Morgan fingerprint density at radius 1 is 0.299 bits per heavy atom. The van der Waals surface area contributed by atoms with Gasteiger partial charge in [-0.1, -0.05) is 175 Å². The molecule has 77 heavy (non-hydrogen) atoms. The van der Waals surface area contributed by atoms with Crippen molar-refractivity contribution in [3.63, 3.8) is 0 Å². The van der Waals surface area contributed by atoms with E-state index in [1.807, 2.05) is 57.2 Å². The monoisotopic (exact) mass is 1070 g/mol. The molecule has 0 bridgehead atoms. The van der Waals surface area contributed by atoms with Crippen molar-refractivity contribution in [2.45, 2.75) is 85.6 Å². The van der Waals surface area contributed by atoms with Gasteiger partial charge < -0.3 is 0 Å². The van der Waals surface area contributed by atoms with Crippen molar-refractivity contribution in [1.82, 2.24) is 0 Å². The Morgan fingerprint density at radius 2 is 0.519 bits per heavy atom. The van der Waals surface area contributed by atoms with E-state index in [-0.39, 0.29) is 28.2 Å². The van der Waals surface area contributed by atoms with Gasteiger partial charge in [-0.3, -0.25) is 14.4 Å². The maximum absolute atomic E-state index is 11.9. The quantitative estimate of drug-likeness (QED) is 0.0546. The van der Waals surface area contributed by atoms with Crippen molar-refractivity contribution in [3.8, 4) is 0 Å². The SMILES string of the molecule is CC(=O)c1ccc(Sc2ccc([S+](c3ccc(Sc4ccc(C(C)=O)c(C)c4)cc3)c3ccc(Sc4ccc(C(C)=O)c(C)c4)cc3)cc2)cc1C.c1ccc([B-](c2ccccc2)(c2ccccc2)c2ccccc2)cc1. The van der Waals surface area contributed by atoms with Gasteiger partial charge in [-0.15, -0.1) is 0 Å². The molecule has 0 fully saturated rings. The molecule has 0 atom stereocenters. The first-order chi connectivity index (χ1) is 37.4. The molecule has 0 aliphatic carbocycles. The van der Waals surface area contributed by atoms with Crippen molar-refractivity contribution in [2.75, 3.05) is 0 Å². The lowest BCUT2D eigenvalue weighted by Crippen LogP contribution is -2.74. The molecule has 0 N–H and O–H groups in total. The molecule has 8 heteroatoms. The summed E-state index contributed by atoms with van der Waals surface area (Å²) >= 11 is 5.09.